The Balaban J connectivity index is 1.48. The number of nitrogens with zero attached hydrogens (tertiary/aromatic N) is 3. The fourth-order valence-electron chi connectivity index (χ4n) is 3.83. The third-order valence-corrected chi connectivity index (χ3v) is 5.59. The third kappa shape index (κ3) is 4.79. The fraction of sp³-hybridized carbons (Fsp3) is 0.348. The Labute approximate surface area is 188 Å². The lowest BCUT2D eigenvalue weighted by atomic mass is 9.97. The molecule has 3 aromatic rings. The van der Waals surface area contributed by atoms with Crippen LogP contribution in [0.15, 0.2) is 46.9 Å². The summed E-state index contributed by atoms with van der Waals surface area (Å²) in [6.45, 7) is 0.978. The predicted molar refractivity (Wildman–Crippen MR) is 112 cm³/mol. The quantitative estimate of drug-likeness (QED) is 0.544. The smallest absolute Gasteiger partial charge is 0.416 e. The first-order valence-electron chi connectivity index (χ1n) is 10.3. The van der Waals surface area contributed by atoms with Gasteiger partial charge in [0.15, 0.2) is 11.5 Å². The van der Waals surface area contributed by atoms with Crippen LogP contribution in [0.4, 0.5) is 13.2 Å². The van der Waals surface area contributed by atoms with E-state index < -0.39 is 11.7 Å². The Morgan fingerprint density at radius 2 is 1.79 bits per heavy atom. The number of piperidine rings is 1. The lowest BCUT2D eigenvalue weighted by Gasteiger charge is -2.31. The molecule has 0 radical (unpaired) electrons. The minimum atomic E-state index is -4.41. The van der Waals surface area contributed by atoms with Crippen LogP contribution in [0, 0.1) is 0 Å². The number of aromatic nitrogens is 2. The van der Waals surface area contributed by atoms with Gasteiger partial charge in [-0.15, -0.1) is 10.2 Å². The highest BCUT2D eigenvalue weighted by molar-refractivity contribution is 5.95. The van der Waals surface area contributed by atoms with Crippen molar-refractivity contribution in [3.63, 3.8) is 0 Å². The first kappa shape index (κ1) is 22.6. The molecule has 0 N–H and O–H groups in total. The molecule has 4 rings (SSSR count). The van der Waals surface area contributed by atoms with E-state index in [1.54, 1.807) is 23.1 Å². The Bertz CT molecular complexity index is 1130. The van der Waals surface area contributed by atoms with Crippen LogP contribution < -0.4 is 9.47 Å². The molecule has 0 saturated carbocycles. The molecule has 2 aromatic carbocycles. The lowest BCUT2D eigenvalue weighted by molar-refractivity contribution is -0.137. The van der Waals surface area contributed by atoms with Gasteiger partial charge in [0.25, 0.3) is 5.91 Å². The van der Waals surface area contributed by atoms with Crippen LogP contribution in [-0.4, -0.2) is 48.3 Å². The maximum absolute atomic E-state index is 13.1. The number of rotatable bonds is 5. The number of likely N-dealkylation sites (tertiary alicyclic amines) is 1. The van der Waals surface area contributed by atoms with E-state index in [0.717, 1.165) is 25.0 Å². The van der Waals surface area contributed by atoms with Crippen molar-refractivity contribution in [3.05, 3.63) is 59.5 Å². The second kappa shape index (κ2) is 9.13. The summed E-state index contributed by atoms with van der Waals surface area (Å²) in [4.78, 5) is 14.8. The van der Waals surface area contributed by atoms with Gasteiger partial charge in [0.1, 0.15) is 0 Å². The monoisotopic (exact) mass is 461 g/mol. The van der Waals surface area contributed by atoms with Crippen LogP contribution in [0.1, 0.15) is 40.6 Å². The number of alkyl halides is 3. The fourth-order valence-corrected chi connectivity index (χ4v) is 3.83. The van der Waals surface area contributed by atoms with Crippen molar-refractivity contribution >= 4 is 5.91 Å². The third-order valence-electron chi connectivity index (χ3n) is 5.59. The van der Waals surface area contributed by atoms with Crippen molar-refractivity contribution in [1.82, 2.24) is 15.1 Å². The van der Waals surface area contributed by atoms with E-state index in [2.05, 4.69) is 10.2 Å². The molecule has 1 aliphatic rings. The second-order valence-electron chi connectivity index (χ2n) is 7.68. The van der Waals surface area contributed by atoms with Crippen LogP contribution in [0.25, 0.3) is 11.5 Å². The number of hydrogen-bond donors (Lipinski definition) is 0. The average molecular weight is 461 g/mol. The number of benzene rings is 2. The molecular weight excluding hydrogens is 439 g/mol. The Hall–Kier alpha value is -3.56. The summed E-state index contributed by atoms with van der Waals surface area (Å²) in [5.41, 5.74) is 0.127. The molecule has 1 unspecified atom stereocenters. The van der Waals surface area contributed by atoms with E-state index in [1.165, 1.54) is 26.4 Å². The first-order chi connectivity index (χ1) is 15.8. The highest BCUT2D eigenvalue weighted by Crippen LogP contribution is 2.33. The Kier molecular flexibility index (Phi) is 6.26. The number of hydrogen-bond acceptors (Lipinski definition) is 6. The number of amides is 1. The van der Waals surface area contributed by atoms with Crippen molar-refractivity contribution in [2.75, 3.05) is 27.3 Å². The van der Waals surface area contributed by atoms with Gasteiger partial charge in [-0.3, -0.25) is 4.79 Å². The zero-order chi connectivity index (χ0) is 23.6. The molecule has 174 valence electrons. The van der Waals surface area contributed by atoms with Crippen LogP contribution >= 0.6 is 0 Å². The summed E-state index contributed by atoms with van der Waals surface area (Å²) in [5.74, 6) is 1.18. The first-order valence-corrected chi connectivity index (χ1v) is 10.3. The standard InChI is InChI=1S/C23H22F3N3O4/c1-31-18-10-7-15(12-19(18)32-2)22(30)29-11-3-4-16(13-29)21-28-27-20(33-21)14-5-8-17(9-6-14)23(24,25)26/h5-10,12,16H,3-4,11,13H2,1-2H3. The minimum absolute atomic E-state index is 0.141. The van der Waals surface area contributed by atoms with Gasteiger partial charge in [0.05, 0.1) is 25.7 Å². The van der Waals surface area contributed by atoms with E-state index in [9.17, 15) is 18.0 Å². The summed E-state index contributed by atoms with van der Waals surface area (Å²) >= 11 is 0. The van der Waals surface area contributed by atoms with E-state index >= 15 is 0 Å². The van der Waals surface area contributed by atoms with Crippen molar-refractivity contribution in [3.8, 4) is 23.0 Å². The summed E-state index contributed by atoms with van der Waals surface area (Å²) < 4.78 is 54.6. The van der Waals surface area contributed by atoms with Gasteiger partial charge in [-0.05, 0) is 55.3 Å². The number of methoxy groups -OCH3 is 2. The normalized spacial score (nSPS) is 16.5. The van der Waals surface area contributed by atoms with Crippen LogP contribution in [-0.2, 0) is 6.18 Å². The lowest BCUT2D eigenvalue weighted by Crippen LogP contribution is -2.39. The van der Waals surface area contributed by atoms with Gasteiger partial charge in [0.2, 0.25) is 11.8 Å². The van der Waals surface area contributed by atoms with E-state index in [0.29, 0.717) is 41.6 Å². The van der Waals surface area contributed by atoms with Crippen LogP contribution in [0.3, 0.4) is 0 Å². The Morgan fingerprint density at radius 1 is 1.06 bits per heavy atom. The molecule has 33 heavy (non-hydrogen) atoms. The summed E-state index contributed by atoms with van der Waals surface area (Å²) in [5, 5.41) is 8.08. The Morgan fingerprint density at radius 3 is 2.45 bits per heavy atom. The SMILES string of the molecule is COc1ccc(C(=O)N2CCCC(c3nnc(-c4ccc(C(F)(F)F)cc4)o3)C2)cc1OC. The number of carbonyl (C=O) groups excluding carboxylic acids is 1. The maximum Gasteiger partial charge on any atom is 0.416 e. The highest BCUT2D eigenvalue weighted by atomic mass is 19.4. The molecule has 0 spiro atoms. The summed E-state index contributed by atoms with van der Waals surface area (Å²) in [6.07, 6.45) is -2.91. The molecule has 7 nitrogen and oxygen atoms in total. The number of ether oxygens (including phenoxy) is 2. The summed E-state index contributed by atoms with van der Waals surface area (Å²) in [7, 11) is 3.03. The second-order valence-corrected chi connectivity index (χ2v) is 7.68. The van der Waals surface area contributed by atoms with Crippen LogP contribution in [0.5, 0.6) is 11.5 Å². The van der Waals surface area contributed by atoms with Crippen molar-refractivity contribution in [2.45, 2.75) is 24.9 Å². The minimum Gasteiger partial charge on any atom is -0.493 e. The van der Waals surface area contributed by atoms with Gasteiger partial charge >= 0.3 is 6.18 Å². The van der Waals surface area contributed by atoms with Gasteiger partial charge in [0, 0.05) is 24.2 Å². The van der Waals surface area contributed by atoms with E-state index in [-0.39, 0.29) is 17.7 Å². The molecule has 10 heteroatoms. The predicted octanol–water partition coefficient (Wildman–Crippen LogP) is 4.79. The van der Waals surface area contributed by atoms with Crippen molar-refractivity contribution < 1.29 is 31.9 Å². The molecule has 0 aliphatic carbocycles. The molecule has 1 aromatic heterocycles. The summed E-state index contributed by atoms with van der Waals surface area (Å²) in [6, 6.07) is 9.55. The van der Waals surface area contributed by atoms with Gasteiger partial charge < -0.3 is 18.8 Å². The van der Waals surface area contributed by atoms with Gasteiger partial charge in [-0.25, -0.2) is 0 Å². The zero-order valence-corrected chi connectivity index (χ0v) is 18.1. The average Bonchev–Trinajstić information content (AvgIpc) is 3.33. The number of carbonyl (C=O) groups is 1. The largest absolute Gasteiger partial charge is 0.493 e. The number of halogens is 3. The molecule has 1 saturated heterocycles. The zero-order valence-electron chi connectivity index (χ0n) is 18.1. The van der Waals surface area contributed by atoms with Crippen LogP contribution in [0.2, 0.25) is 0 Å². The van der Waals surface area contributed by atoms with E-state index in [4.69, 9.17) is 13.9 Å². The van der Waals surface area contributed by atoms with Gasteiger partial charge in [-0.1, -0.05) is 0 Å². The molecule has 1 amide bonds. The molecule has 1 aliphatic heterocycles. The molecular formula is C23H22F3N3O4. The topological polar surface area (TPSA) is 77.7 Å². The maximum atomic E-state index is 13.1. The molecule has 0 bridgehead atoms. The molecule has 1 atom stereocenters. The van der Waals surface area contributed by atoms with Crippen molar-refractivity contribution in [2.24, 2.45) is 0 Å². The van der Waals surface area contributed by atoms with Gasteiger partial charge in [-0.2, -0.15) is 13.2 Å². The van der Waals surface area contributed by atoms with Crippen molar-refractivity contribution in [1.29, 1.82) is 0 Å². The molecule has 2 heterocycles. The molecule has 1 fully saturated rings. The highest BCUT2D eigenvalue weighted by Gasteiger charge is 2.31. The van der Waals surface area contributed by atoms with E-state index in [1.807, 2.05) is 0 Å².